The summed E-state index contributed by atoms with van der Waals surface area (Å²) in [5.41, 5.74) is 1.35. The zero-order chi connectivity index (χ0) is 18.7. The van der Waals surface area contributed by atoms with Gasteiger partial charge in [-0.2, -0.15) is 0 Å². The summed E-state index contributed by atoms with van der Waals surface area (Å²) in [5, 5.41) is 5.26. The Morgan fingerprint density at radius 2 is 1.73 bits per heavy atom. The molecule has 0 aromatic heterocycles. The van der Waals surface area contributed by atoms with Gasteiger partial charge in [-0.3, -0.25) is 9.69 Å². The minimum atomic E-state index is -4.77. The summed E-state index contributed by atoms with van der Waals surface area (Å²) >= 11 is 0. The number of alkyl halides is 3. The highest BCUT2D eigenvalue weighted by Crippen LogP contribution is 2.24. The van der Waals surface area contributed by atoms with Crippen molar-refractivity contribution < 1.29 is 27.5 Å². The van der Waals surface area contributed by atoms with Gasteiger partial charge >= 0.3 is 12.4 Å². The van der Waals surface area contributed by atoms with E-state index in [2.05, 4.69) is 15.4 Å². The third-order valence-electron chi connectivity index (χ3n) is 3.64. The first-order valence-corrected chi connectivity index (χ1v) is 7.64. The second-order valence-corrected chi connectivity index (χ2v) is 5.46. The van der Waals surface area contributed by atoms with E-state index in [1.165, 1.54) is 12.1 Å². The van der Waals surface area contributed by atoms with Crippen molar-refractivity contribution in [3.05, 3.63) is 54.1 Å². The summed E-state index contributed by atoms with van der Waals surface area (Å²) in [6.07, 6.45) is -4.77. The molecule has 0 unspecified atom stereocenters. The number of carbonyl (C=O) groups excluding carboxylic acids is 2. The third-order valence-corrected chi connectivity index (χ3v) is 3.64. The van der Waals surface area contributed by atoms with E-state index in [1.54, 1.807) is 29.2 Å². The maximum atomic E-state index is 12.2. The van der Waals surface area contributed by atoms with E-state index in [0.717, 1.165) is 12.1 Å². The molecule has 3 amide bonds. The van der Waals surface area contributed by atoms with E-state index < -0.39 is 12.3 Å². The molecule has 0 bridgehead atoms. The zero-order valence-corrected chi connectivity index (χ0v) is 13.3. The number of rotatable bonds is 4. The maximum Gasteiger partial charge on any atom is 0.573 e. The van der Waals surface area contributed by atoms with Gasteiger partial charge < -0.3 is 15.4 Å². The number of urea groups is 1. The van der Waals surface area contributed by atoms with Crippen molar-refractivity contribution in [2.24, 2.45) is 0 Å². The molecule has 3 rings (SSSR count). The van der Waals surface area contributed by atoms with Crippen molar-refractivity contribution in [3.63, 3.8) is 0 Å². The fraction of sp³-hybridized carbons (Fsp3) is 0.176. The number of halogens is 3. The molecular formula is C17H14F3N3O3. The van der Waals surface area contributed by atoms with Crippen LogP contribution in [-0.4, -0.2) is 31.4 Å². The molecule has 9 heteroatoms. The van der Waals surface area contributed by atoms with Crippen LogP contribution in [0.2, 0.25) is 0 Å². The van der Waals surface area contributed by atoms with Crippen LogP contribution in [0.5, 0.6) is 5.75 Å². The number of ether oxygens (including phenoxy) is 1. The highest BCUT2D eigenvalue weighted by molar-refractivity contribution is 6.04. The minimum Gasteiger partial charge on any atom is -0.406 e. The molecule has 6 nitrogen and oxygen atoms in total. The van der Waals surface area contributed by atoms with Crippen molar-refractivity contribution in [3.8, 4) is 5.75 Å². The average Bonchev–Trinajstić information content (AvgIpc) is 3.01. The molecule has 0 radical (unpaired) electrons. The molecule has 2 N–H and O–H groups in total. The van der Waals surface area contributed by atoms with Gasteiger partial charge in [0.05, 0.1) is 0 Å². The fourth-order valence-corrected chi connectivity index (χ4v) is 2.45. The number of hydrogen-bond donors (Lipinski definition) is 2. The van der Waals surface area contributed by atoms with E-state index >= 15 is 0 Å². The number of nitrogens with one attached hydrogen (secondary N) is 2. The lowest BCUT2D eigenvalue weighted by Gasteiger charge is -2.14. The topological polar surface area (TPSA) is 70.7 Å². The molecule has 2 aromatic rings. The van der Waals surface area contributed by atoms with Crippen LogP contribution < -0.4 is 20.3 Å². The van der Waals surface area contributed by atoms with Gasteiger partial charge in [-0.15, -0.1) is 13.2 Å². The third kappa shape index (κ3) is 4.24. The number of carbonyl (C=O) groups is 2. The van der Waals surface area contributed by atoms with Crippen LogP contribution in [0.4, 0.5) is 29.3 Å². The van der Waals surface area contributed by atoms with Gasteiger partial charge in [0.2, 0.25) is 0 Å². The summed E-state index contributed by atoms with van der Waals surface area (Å²) in [6.45, 7) is 1.12. The Labute approximate surface area is 146 Å². The summed E-state index contributed by atoms with van der Waals surface area (Å²) in [6, 6.07) is 11.1. The second-order valence-electron chi connectivity index (χ2n) is 5.46. The normalized spacial score (nSPS) is 14.1. The first-order valence-electron chi connectivity index (χ1n) is 7.64. The molecule has 2 aromatic carbocycles. The quantitative estimate of drug-likeness (QED) is 0.873. The van der Waals surface area contributed by atoms with Crippen LogP contribution in [0.15, 0.2) is 48.5 Å². The molecule has 0 atom stereocenters. The van der Waals surface area contributed by atoms with E-state index in [-0.39, 0.29) is 11.8 Å². The molecule has 1 aliphatic rings. The van der Waals surface area contributed by atoms with Gasteiger partial charge in [0.25, 0.3) is 5.91 Å². The lowest BCUT2D eigenvalue weighted by atomic mass is 10.1. The predicted molar refractivity (Wildman–Crippen MR) is 88.3 cm³/mol. The van der Waals surface area contributed by atoms with Gasteiger partial charge in [-0.1, -0.05) is 0 Å². The van der Waals surface area contributed by atoms with Crippen LogP contribution in [0, 0.1) is 0 Å². The van der Waals surface area contributed by atoms with Crippen molar-refractivity contribution in [2.75, 3.05) is 23.3 Å². The van der Waals surface area contributed by atoms with Gasteiger partial charge in [0, 0.05) is 30.0 Å². The van der Waals surface area contributed by atoms with Crippen molar-refractivity contribution in [1.82, 2.24) is 5.32 Å². The molecular weight excluding hydrogens is 351 g/mol. The van der Waals surface area contributed by atoms with Crippen molar-refractivity contribution in [1.29, 1.82) is 0 Å². The predicted octanol–water partition coefficient (Wildman–Crippen LogP) is 3.37. The van der Waals surface area contributed by atoms with Crippen LogP contribution in [0.3, 0.4) is 0 Å². The Balaban J connectivity index is 1.63. The highest BCUT2D eigenvalue weighted by atomic mass is 19.4. The van der Waals surface area contributed by atoms with Crippen LogP contribution in [-0.2, 0) is 0 Å². The Morgan fingerprint density at radius 3 is 2.27 bits per heavy atom. The van der Waals surface area contributed by atoms with Crippen LogP contribution in [0.25, 0.3) is 0 Å². The van der Waals surface area contributed by atoms with Crippen molar-refractivity contribution in [2.45, 2.75) is 6.36 Å². The van der Waals surface area contributed by atoms with E-state index in [9.17, 15) is 22.8 Å². The molecule has 0 aliphatic carbocycles. The van der Waals surface area contributed by atoms with Crippen LogP contribution in [0.1, 0.15) is 10.4 Å². The largest absolute Gasteiger partial charge is 0.573 e. The smallest absolute Gasteiger partial charge is 0.406 e. The Kier molecular flexibility index (Phi) is 4.70. The van der Waals surface area contributed by atoms with E-state index in [1.807, 2.05) is 0 Å². The minimum absolute atomic E-state index is 0.191. The average molecular weight is 365 g/mol. The number of benzene rings is 2. The number of anilines is 2. The fourth-order valence-electron chi connectivity index (χ4n) is 2.45. The Bertz CT molecular complexity index is 805. The first kappa shape index (κ1) is 17.6. The van der Waals surface area contributed by atoms with E-state index in [4.69, 9.17) is 0 Å². The lowest BCUT2D eigenvalue weighted by molar-refractivity contribution is -0.274. The molecule has 0 spiro atoms. The standard InChI is InChI=1S/C17H14F3N3O3/c18-17(19,20)26-14-7-3-12(4-8-14)22-15(24)11-1-5-13(6-2-11)23-10-9-21-16(23)25/h1-8H,9-10H2,(H,21,25)(H,22,24). The number of hydrogen-bond acceptors (Lipinski definition) is 3. The summed E-state index contributed by atoms with van der Waals surface area (Å²) in [4.78, 5) is 25.4. The monoisotopic (exact) mass is 365 g/mol. The summed E-state index contributed by atoms with van der Waals surface area (Å²) in [7, 11) is 0. The second kappa shape index (κ2) is 6.95. The van der Waals surface area contributed by atoms with Gasteiger partial charge in [-0.05, 0) is 48.5 Å². The summed E-state index contributed by atoms with van der Waals surface area (Å²) in [5.74, 6) is -0.796. The number of amides is 3. The molecule has 26 heavy (non-hydrogen) atoms. The molecule has 1 fully saturated rings. The molecule has 1 heterocycles. The molecule has 1 saturated heterocycles. The van der Waals surface area contributed by atoms with Crippen LogP contribution >= 0.6 is 0 Å². The lowest BCUT2D eigenvalue weighted by Crippen LogP contribution is -2.27. The summed E-state index contributed by atoms with van der Waals surface area (Å²) < 4.78 is 40.1. The number of nitrogens with zero attached hydrogens (tertiary/aromatic N) is 1. The Morgan fingerprint density at radius 1 is 1.08 bits per heavy atom. The SMILES string of the molecule is O=C(Nc1ccc(OC(F)(F)F)cc1)c1ccc(N2CCNC2=O)cc1. The highest BCUT2D eigenvalue weighted by Gasteiger charge is 2.31. The van der Waals surface area contributed by atoms with Gasteiger partial charge in [0.1, 0.15) is 5.75 Å². The first-order chi connectivity index (χ1) is 12.3. The van der Waals surface area contributed by atoms with Crippen molar-refractivity contribution >= 4 is 23.3 Å². The molecule has 1 aliphatic heterocycles. The van der Waals surface area contributed by atoms with E-state index in [0.29, 0.717) is 30.0 Å². The molecule has 0 saturated carbocycles. The molecule has 136 valence electrons. The van der Waals surface area contributed by atoms with Gasteiger partial charge in [0.15, 0.2) is 0 Å². The van der Waals surface area contributed by atoms with Gasteiger partial charge in [-0.25, -0.2) is 4.79 Å². The maximum absolute atomic E-state index is 12.2. The Hall–Kier alpha value is -3.23. The zero-order valence-electron chi connectivity index (χ0n) is 13.3.